The quantitative estimate of drug-likeness (QED) is 0.119. The number of piperidine rings is 1. The van der Waals surface area contributed by atoms with Crippen molar-refractivity contribution < 1.29 is 19.0 Å². The molecule has 1 unspecified atom stereocenters. The molecular weight excluding hydrogens is 745 g/mol. The topological polar surface area (TPSA) is 100.0 Å². The molecule has 2 saturated heterocycles. The molecular formula is C42H46Cl3N5O4. The number of hydrogen-bond donors (Lipinski definition) is 1. The number of carbonyl (C=O) groups is 1. The van der Waals surface area contributed by atoms with Gasteiger partial charge in [-0.25, -0.2) is 0 Å². The molecule has 0 spiro atoms. The normalized spacial score (nSPS) is 17.6. The number of nitriles is 1. The summed E-state index contributed by atoms with van der Waals surface area (Å²) in [5, 5.41) is 13.8. The van der Waals surface area contributed by atoms with Crippen LogP contribution in [0.4, 0.5) is 0 Å². The molecule has 2 aliphatic rings. The zero-order chi connectivity index (χ0) is 38.0. The number of hydrogen-bond acceptors (Lipinski definition) is 8. The van der Waals surface area contributed by atoms with Crippen LogP contribution in [0.5, 0.6) is 17.2 Å². The molecule has 12 heteroatoms. The van der Waals surface area contributed by atoms with E-state index in [0.29, 0.717) is 57.1 Å². The summed E-state index contributed by atoms with van der Waals surface area (Å²) in [6, 6.07) is 19.8. The molecule has 0 aliphatic carbocycles. The summed E-state index contributed by atoms with van der Waals surface area (Å²) in [5.74, 6) is 1.74. The van der Waals surface area contributed by atoms with Gasteiger partial charge in [0.05, 0.1) is 27.2 Å². The van der Waals surface area contributed by atoms with Crippen molar-refractivity contribution in [2.75, 3.05) is 32.8 Å². The van der Waals surface area contributed by atoms with Crippen LogP contribution in [0, 0.1) is 11.3 Å². The lowest BCUT2D eigenvalue weighted by Crippen LogP contribution is -2.36. The Bertz CT molecular complexity index is 1970. The first-order valence-electron chi connectivity index (χ1n) is 18.5. The first-order chi connectivity index (χ1) is 26.2. The lowest BCUT2D eigenvalue weighted by Gasteiger charge is -2.33. The summed E-state index contributed by atoms with van der Waals surface area (Å²) in [6.45, 7) is 9.14. The zero-order valence-corrected chi connectivity index (χ0v) is 33.0. The Morgan fingerprint density at radius 1 is 0.907 bits per heavy atom. The largest absolute Gasteiger partial charge is 0.492 e. The third-order valence-electron chi connectivity index (χ3n) is 10.0. The van der Waals surface area contributed by atoms with Crippen molar-refractivity contribution in [2.24, 2.45) is 0 Å². The number of ether oxygens (including phenoxy) is 3. The van der Waals surface area contributed by atoms with Crippen molar-refractivity contribution in [3.05, 3.63) is 104 Å². The first-order valence-corrected chi connectivity index (χ1v) is 19.7. The molecule has 0 radical (unpaired) electrons. The molecule has 3 aromatic carbocycles. The van der Waals surface area contributed by atoms with Crippen LogP contribution in [-0.2, 0) is 24.6 Å². The van der Waals surface area contributed by atoms with Gasteiger partial charge in [0.1, 0.15) is 36.5 Å². The molecule has 4 aromatic rings. The minimum Gasteiger partial charge on any atom is -0.492 e. The summed E-state index contributed by atoms with van der Waals surface area (Å²) in [4.78, 5) is 20.4. The molecule has 54 heavy (non-hydrogen) atoms. The van der Waals surface area contributed by atoms with Gasteiger partial charge in [-0.05, 0) is 57.4 Å². The second-order valence-corrected chi connectivity index (χ2v) is 15.2. The molecule has 1 amide bonds. The number of amides is 1. The number of likely N-dealkylation sites (tertiary alicyclic amines) is 2. The van der Waals surface area contributed by atoms with Crippen LogP contribution in [-0.4, -0.2) is 65.6 Å². The highest BCUT2D eigenvalue weighted by atomic mass is 35.5. The Hall–Kier alpha value is -4.04. The fourth-order valence-electron chi connectivity index (χ4n) is 7.14. The van der Waals surface area contributed by atoms with Crippen molar-refractivity contribution in [3.8, 4) is 34.4 Å². The van der Waals surface area contributed by atoms with Gasteiger partial charge in [-0.3, -0.25) is 14.7 Å². The van der Waals surface area contributed by atoms with Gasteiger partial charge >= 0.3 is 0 Å². The number of rotatable bonds is 15. The van der Waals surface area contributed by atoms with Gasteiger partial charge in [-0.2, -0.15) is 5.26 Å². The standard InChI is InChI=1S/C42H46Cl3N5O4/c1-28-8-3-4-15-50(28)24-33-19-37(43)40(20-39(33)53-26-31-18-30(21-46)22-47-23-31)54-27-32-9-5-10-35(41(32)44)36-11-6-12-38(42(36)45)52-17-7-14-49-16-13-34(25-49)48-29(2)51/h5-6,9-12,18-20,22-23,28,34H,3-4,7-8,13-17,24-27H2,1-2H3,(H,48,51)/t28-,34?/m1/s1. The second-order valence-electron chi connectivity index (χ2n) is 14.1. The van der Waals surface area contributed by atoms with E-state index in [4.69, 9.17) is 49.0 Å². The molecule has 0 bridgehead atoms. The Kier molecular flexibility index (Phi) is 14.0. The van der Waals surface area contributed by atoms with Gasteiger partial charge in [0.25, 0.3) is 0 Å². The third kappa shape index (κ3) is 10.4. The number of carbonyl (C=O) groups excluding carboxylic acids is 1. The average molecular weight is 791 g/mol. The molecule has 284 valence electrons. The average Bonchev–Trinajstić information content (AvgIpc) is 3.61. The summed E-state index contributed by atoms with van der Waals surface area (Å²) in [5.41, 5.74) is 4.53. The van der Waals surface area contributed by atoms with Crippen molar-refractivity contribution >= 4 is 40.7 Å². The van der Waals surface area contributed by atoms with Crippen molar-refractivity contribution in [3.63, 3.8) is 0 Å². The molecule has 9 nitrogen and oxygen atoms in total. The monoisotopic (exact) mass is 789 g/mol. The third-order valence-corrected chi connectivity index (χ3v) is 11.2. The number of benzene rings is 3. The second kappa shape index (κ2) is 19.0. The Labute approximate surface area is 333 Å². The number of pyridine rings is 1. The van der Waals surface area contributed by atoms with E-state index < -0.39 is 0 Å². The lowest BCUT2D eigenvalue weighted by atomic mass is 10.0. The van der Waals surface area contributed by atoms with Crippen LogP contribution < -0.4 is 19.5 Å². The highest BCUT2D eigenvalue weighted by Crippen LogP contribution is 2.41. The minimum absolute atomic E-state index is 0.0140. The SMILES string of the molecule is CC(=O)NC1CCN(CCCOc2cccc(-c3cccc(COc4cc(OCc5cncc(C#N)c5)c(CN5CCCC[C@H]5C)cc4Cl)c3Cl)c2Cl)C1. The highest BCUT2D eigenvalue weighted by Gasteiger charge is 2.24. The highest BCUT2D eigenvalue weighted by molar-refractivity contribution is 6.37. The molecule has 2 aliphatic heterocycles. The van der Waals surface area contributed by atoms with Crippen LogP contribution in [0.3, 0.4) is 0 Å². The van der Waals surface area contributed by atoms with Crippen molar-refractivity contribution in [1.29, 1.82) is 5.26 Å². The van der Waals surface area contributed by atoms with Crippen molar-refractivity contribution in [1.82, 2.24) is 20.1 Å². The van der Waals surface area contributed by atoms with Crippen LogP contribution >= 0.6 is 34.8 Å². The zero-order valence-electron chi connectivity index (χ0n) is 30.8. The summed E-state index contributed by atoms with van der Waals surface area (Å²) in [7, 11) is 0. The maximum absolute atomic E-state index is 11.4. The minimum atomic E-state index is 0.0140. The fourth-order valence-corrected chi connectivity index (χ4v) is 7.95. The van der Waals surface area contributed by atoms with Gasteiger partial charge in [-0.1, -0.05) is 71.6 Å². The molecule has 6 rings (SSSR count). The van der Waals surface area contributed by atoms with Crippen LogP contribution in [0.2, 0.25) is 15.1 Å². The lowest BCUT2D eigenvalue weighted by molar-refractivity contribution is -0.119. The fraction of sp³-hybridized carbons (Fsp3) is 0.405. The molecule has 3 heterocycles. The maximum atomic E-state index is 11.4. The van der Waals surface area contributed by atoms with Crippen LogP contribution in [0.25, 0.3) is 11.1 Å². The smallest absolute Gasteiger partial charge is 0.217 e. The predicted octanol–water partition coefficient (Wildman–Crippen LogP) is 9.09. The van der Waals surface area contributed by atoms with Gasteiger partial charge in [0.15, 0.2) is 0 Å². The van der Waals surface area contributed by atoms with E-state index in [9.17, 15) is 10.1 Å². The molecule has 1 aromatic heterocycles. The summed E-state index contributed by atoms with van der Waals surface area (Å²) in [6.07, 6.45) is 8.57. The Balaban J connectivity index is 1.13. The number of nitrogens with one attached hydrogen (secondary N) is 1. The molecule has 0 saturated carbocycles. The van der Waals surface area contributed by atoms with Crippen LogP contribution in [0.15, 0.2) is 67.0 Å². The van der Waals surface area contributed by atoms with E-state index in [1.165, 1.54) is 12.6 Å². The summed E-state index contributed by atoms with van der Waals surface area (Å²) >= 11 is 20.8. The van der Waals surface area contributed by atoms with E-state index in [0.717, 1.165) is 79.7 Å². The number of aromatic nitrogens is 1. The van der Waals surface area contributed by atoms with Crippen LogP contribution in [0.1, 0.15) is 68.2 Å². The Morgan fingerprint density at radius 3 is 2.50 bits per heavy atom. The maximum Gasteiger partial charge on any atom is 0.217 e. The molecule has 1 N–H and O–H groups in total. The first kappa shape index (κ1) is 39.6. The van der Waals surface area contributed by atoms with Gasteiger partial charge in [0, 0.05) is 91.5 Å². The van der Waals surface area contributed by atoms with E-state index in [1.54, 1.807) is 19.2 Å². The van der Waals surface area contributed by atoms with E-state index in [2.05, 4.69) is 33.1 Å². The number of nitrogens with zero attached hydrogens (tertiary/aromatic N) is 4. The summed E-state index contributed by atoms with van der Waals surface area (Å²) < 4.78 is 18.8. The molecule has 2 atom stereocenters. The van der Waals surface area contributed by atoms with Gasteiger partial charge < -0.3 is 24.4 Å². The van der Waals surface area contributed by atoms with Crippen molar-refractivity contribution in [2.45, 2.75) is 77.8 Å². The Morgan fingerprint density at radius 2 is 1.70 bits per heavy atom. The van der Waals surface area contributed by atoms with E-state index in [1.807, 2.05) is 48.5 Å². The van der Waals surface area contributed by atoms with Gasteiger partial charge in [-0.15, -0.1) is 0 Å². The van der Waals surface area contributed by atoms with E-state index in [-0.39, 0.29) is 25.2 Å². The van der Waals surface area contributed by atoms with Gasteiger partial charge in [0.2, 0.25) is 5.91 Å². The number of halogens is 3. The molecule has 2 fully saturated rings. The van der Waals surface area contributed by atoms with E-state index >= 15 is 0 Å². The predicted molar refractivity (Wildman–Crippen MR) is 213 cm³/mol.